The molecule has 0 radical (unpaired) electrons. The molecule has 0 spiro atoms. The number of rotatable bonds is 10. The molecule has 2 aliphatic heterocycles. The lowest BCUT2D eigenvalue weighted by Gasteiger charge is -2.42. The molecule has 4 aliphatic carbocycles. The Morgan fingerprint density at radius 3 is 1.23 bits per heavy atom. The number of aliphatic hydroxyl groups excluding tert-OH is 4. The summed E-state index contributed by atoms with van der Waals surface area (Å²) in [5.41, 5.74) is 4.75. The zero-order valence-corrected chi connectivity index (χ0v) is 44.9. The predicted octanol–water partition coefficient (Wildman–Crippen LogP) is 0.846. The minimum Gasteiger partial charge on any atom is -0.507 e. The van der Waals surface area contributed by atoms with Gasteiger partial charge in [0.25, 0.3) is 0 Å². The molecule has 10 rings (SSSR count). The van der Waals surface area contributed by atoms with Gasteiger partial charge in [-0.1, -0.05) is 24.3 Å². The second kappa shape index (κ2) is 23.0. The van der Waals surface area contributed by atoms with Gasteiger partial charge in [0.15, 0.2) is 35.7 Å². The van der Waals surface area contributed by atoms with Crippen molar-refractivity contribution < 1.29 is 108 Å². The summed E-state index contributed by atoms with van der Waals surface area (Å²) in [5, 5.41) is 107. The highest BCUT2D eigenvalue weighted by molar-refractivity contribution is 6.32. The number of aromatic hydroxyl groups is 4. The lowest BCUT2D eigenvalue weighted by atomic mass is 9.72. The van der Waals surface area contributed by atoms with E-state index in [1.54, 1.807) is 13.8 Å². The van der Waals surface area contributed by atoms with Gasteiger partial charge in [0.1, 0.15) is 58.9 Å². The van der Waals surface area contributed by atoms with Crippen LogP contribution in [0.3, 0.4) is 0 Å². The van der Waals surface area contributed by atoms with E-state index in [0.717, 1.165) is 0 Å². The lowest BCUT2D eigenvalue weighted by molar-refractivity contribution is -0.247. The maximum atomic E-state index is 13.6. The number of nitrogens with two attached hydrogens (primary N) is 2. The number of phenols is 4. The van der Waals surface area contributed by atoms with Crippen LogP contribution in [0.2, 0.25) is 0 Å². The van der Waals surface area contributed by atoms with Crippen LogP contribution in [0.15, 0.2) is 36.4 Å². The van der Waals surface area contributed by atoms with Crippen molar-refractivity contribution in [2.75, 3.05) is 27.4 Å². The Labute approximate surface area is 467 Å². The molecule has 432 valence electrons. The first-order valence-electron chi connectivity index (χ1n) is 24.8. The quantitative estimate of drug-likeness (QED) is 0.0846. The van der Waals surface area contributed by atoms with Gasteiger partial charge in [0, 0.05) is 84.0 Å². The molecule has 0 aromatic heterocycles. The highest BCUT2D eigenvalue weighted by Crippen LogP contribution is 2.55. The Hall–Kier alpha value is -6.20. The Balaban J connectivity index is 0.000000225. The molecular formula is C54H60Cl2N2O22. The van der Waals surface area contributed by atoms with E-state index >= 15 is 0 Å². The van der Waals surface area contributed by atoms with Crippen LogP contribution in [0.1, 0.15) is 138 Å². The third-order valence-electron chi connectivity index (χ3n) is 15.6. The Morgan fingerprint density at radius 2 is 0.912 bits per heavy atom. The maximum Gasteiger partial charge on any atom is 0.202 e. The largest absolute Gasteiger partial charge is 0.507 e. The van der Waals surface area contributed by atoms with Gasteiger partial charge in [0.05, 0.1) is 84.2 Å². The Bertz CT molecular complexity index is 2980. The first-order chi connectivity index (χ1) is 36.9. The molecular weight excluding hydrogens is 1100 g/mol. The molecule has 26 heteroatoms. The molecule has 4 aromatic carbocycles. The summed E-state index contributed by atoms with van der Waals surface area (Å²) in [4.78, 5) is 79.5. The number of hydrogen-bond acceptors (Lipinski definition) is 24. The van der Waals surface area contributed by atoms with Crippen LogP contribution in [-0.4, -0.2) is 173 Å². The minimum atomic E-state index is -2.24. The van der Waals surface area contributed by atoms with Crippen molar-refractivity contribution in [2.24, 2.45) is 11.5 Å². The number of hydrogen-bond donors (Lipinski definition) is 12. The van der Waals surface area contributed by atoms with E-state index in [1.165, 1.54) is 50.6 Å². The van der Waals surface area contributed by atoms with E-state index in [4.69, 9.17) is 39.9 Å². The molecule has 2 fully saturated rings. The summed E-state index contributed by atoms with van der Waals surface area (Å²) in [5.74, 6) is -7.55. The molecule has 0 unspecified atom stereocenters. The van der Waals surface area contributed by atoms with Crippen molar-refractivity contribution in [3.05, 3.63) is 103 Å². The van der Waals surface area contributed by atoms with E-state index in [-0.39, 0.29) is 93.7 Å². The van der Waals surface area contributed by atoms with Crippen LogP contribution in [0.5, 0.6) is 34.5 Å². The van der Waals surface area contributed by atoms with Crippen LogP contribution in [0, 0.1) is 0 Å². The fraction of sp³-hybridized carbons (Fsp3) is 0.444. The van der Waals surface area contributed by atoms with E-state index < -0.39 is 191 Å². The normalized spacial score (nSPS) is 29.1. The lowest BCUT2D eigenvalue weighted by Crippen LogP contribution is -2.53. The number of ketones is 6. The van der Waals surface area contributed by atoms with Crippen LogP contribution in [0.25, 0.3) is 0 Å². The van der Waals surface area contributed by atoms with Crippen molar-refractivity contribution in [3.63, 3.8) is 0 Å². The molecule has 80 heavy (non-hydrogen) atoms. The highest BCUT2D eigenvalue weighted by Gasteiger charge is 2.52. The summed E-state index contributed by atoms with van der Waals surface area (Å²) in [6, 6.07) is 7.27. The third-order valence-corrected chi connectivity index (χ3v) is 15.6. The molecule has 24 nitrogen and oxygen atoms in total. The van der Waals surface area contributed by atoms with Crippen molar-refractivity contribution in [3.8, 4) is 34.5 Å². The third kappa shape index (κ3) is 9.99. The summed E-state index contributed by atoms with van der Waals surface area (Å²) in [6.07, 6.45) is -10.2. The number of methoxy groups -OCH3 is 2. The summed E-state index contributed by atoms with van der Waals surface area (Å²) < 4.78 is 34.0. The molecule has 2 saturated heterocycles. The van der Waals surface area contributed by atoms with Crippen LogP contribution < -0.4 is 20.9 Å². The van der Waals surface area contributed by atoms with Crippen molar-refractivity contribution in [1.82, 2.24) is 0 Å². The number of ether oxygens (including phenoxy) is 6. The van der Waals surface area contributed by atoms with Gasteiger partial charge in [0.2, 0.25) is 11.6 Å². The number of carbonyl (C=O) groups is 6. The zero-order valence-electron chi connectivity index (χ0n) is 43.2. The van der Waals surface area contributed by atoms with E-state index in [1.807, 2.05) is 0 Å². The number of benzene rings is 4. The fourth-order valence-corrected chi connectivity index (χ4v) is 11.5. The maximum absolute atomic E-state index is 13.6. The predicted molar refractivity (Wildman–Crippen MR) is 278 cm³/mol. The van der Waals surface area contributed by atoms with E-state index in [9.17, 15) is 79.8 Å². The number of halogens is 2. The smallest absolute Gasteiger partial charge is 0.202 e. The minimum absolute atomic E-state index is 0. The van der Waals surface area contributed by atoms with Gasteiger partial charge < -0.3 is 91.0 Å². The summed E-state index contributed by atoms with van der Waals surface area (Å²) in [6.45, 7) is 1.12. The molecule has 6 aliphatic rings. The molecule has 4 aromatic rings. The number of aliphatic hydroxyl groups is 6. The number of fused-ring (bicyclic) bond motifs is 6. The van der Waals surface area contributed by atoms with Crippen molar-refractivity contribution in [1.29, 1.82) is 0 Å². The monoisotopic (exact) mass is 1160 g/mol. The van der Waals surface area contributed by atoms with E-state index in [0.29, 0.717) is 0 Å². The molecule has 0 saturated carbocycles. The first-order valence-corrected chi connectivity index (χ1v) is 24.8. The molecule has 14 N–H and O–H groups in total. The second-order valence-electron chi connectivity index (χ2n) is 20.3. The van der Waals surface area contributed by atoms with E-state index in [2.05, 4.69) is 0 Å². The highest BCUT2D eigenvalue weighted by atomic mass is 35.5. The van der Waals surface area contributed by atoms with Gasteiger partial charge in [-0.3, -0.25) is 28.8 Å². The number of carbonyl (C=O) groups excluding carboxylic acids is 6. The van der Waals surface area contributed by atoms with Gasteiger partial charge in [-0.25, -0.2) is 0 Å². The first kappa shape index (κ1) is 61.4. The van der Waals surface area contributed by atoms with Gasteiger partial charge >= 0.3 is 0 Å². The molecule has 0 amide bonds. The second-order valence-corrected chi connectivity index (χ2v) is 20.3. The van der Waals surface area contributed by atoms with Gasteiger partial charge in [-0.2, -0.15) is 0 Å². The fourth-order valence-electron chi connectivity index (χ4n) is 11.5. The average molecular weight is 1160 g/mol. The number of Topliss-reactive ketones (excluding diaryl/α,β-unsaturated/α-hetero) is 2. The summed E-state index contributed by atoms with van der Waals surface area (Å²) in [7, 11) is 2.64. The Morgan fingerprint density at radius 1 is 0.575 bits per heavy atom. The van der Waals surface area contributed by atoms with Crippen LogP contribution in [-0.2, 0) is 41.4 Å². The van der Waals surface area contributed by atoms with Crippen molar-refractivity contribution >= 4 is 59.5 Å². The Kier molecular flexibility index (Phi) is 17.6. The number of phenolic OH excluding ortho intramolecular Hbond substituents is 4. The van der Waals surface area contributed by atoms with Crippen LogP contribution >= 0.6 is 24.8 Å². The molecule has 12 atom stereocenters. The zero-order chi connectivity index (χ0) is 56.8. The van der Waals surface area contributed by atoms with Gasteiger partial charge in [-0.15, -0.1) is 24.8 Å². The topological polar surface area (TPSA) is 412 Å². The van der Waals surface area contributed by atoms with Crippen LogP contribution in [0.4, 0.5) is 0 Å². The standard InChI is InChI=1S/2C27H29NO11.2ClH/c2*1-10-22(31)13(28)6-17(38-10)39-15-8-27(36,16(30)9-29)7-12-19(15)26(35)21-20(24(12)33)23(32)11-4-3-5-14(37-2)18(11)25(21)34;;/h2*3-5,10,13,15,17,22,29,31,33,35-36H,6-9,28H2,1-2H3;2*1H/t2*10-,13-,15-,17-,22+,27-;;/m00../s1. The molecule has 2 heterocycles. The average Bonchev–Trinajstić information content (AvgIpc) is 3.60. The van der Waals surface area contributed by atoms with Crippen molar-refractivity contribution in [2.45, 2.75) is 125 Å². The molecule has 0 bridgehead atoms. The SMILES string of the molecule is COc1cccc2c1C(=O)c1c(O)c3c(c(O)c1C2=O)C[C@@](O)(C(=O)CO)C[C@@H]3O[C@H]1C[C@H](N)[C@H](O)[C@H](C)O1.COc1cccc2c1C(=O)c1c(O)c3c(c(O)c1C2=O)C[C@@](O)(C(=O)CO)C[C@@H]3O[C@H]1C[C@H](N)[C@H](O)[C@H](C)O1.Cl.Cl. The van der Waals surface area contributed by atoms with Gasteiger partial charge in [-0.05, 0) is 26.0 Å². The summed E-state index contributed by atoms with van der Waals surface area (Å²) >= 11 is 0.